The smallest absolute Gasteiger partial charge is 0.265 e. The maximum atomic E-state index is 13.0. The minimum Gasteiger partial charge on any atom is -0.477 e. The highest BCUT2D eigenvalue weighted by Crippen LogP contribution is 2.33. The van der Waals surface area contributed by atoms with Crippen molar-refractivity contribution in [2.45, 2.75) is 12.5 Å². The van der Waals surface area contributed by atoms with E-state index in [0.29, 0.717) is 51.6 Å². The summed E-state index contributed by atoms with van der Waals surface area (Å²) in [5.74, 6) is 0.0929. The summed E-state index contributed by atoms with van der Waals surface area (Å²) in [5.41, 5.74) is 1.75. The standard InChI is InChI=1S/C23H26FN3O4/c24-18-7-5-17(6-8-18)9-10-25-22(28)16-27-15-21(23(29)26-11-13-30-14-12-26)31-20-4-2-1-3-19(20)27/h1-8,21H,9-16H2,(H,25,28)/t21-/m0/s1. The highest BCUT2D eigenvalue weighted by Gasteiger charge is 2.34. The second kappa shape index (κ2) is 9.78. The minimum absolute atomic E-state index is 0.0838. The normalized spacial score (nSPS) is 18.2. The van der Waals surface area contributed by atoms with Gasteiger partial charge in [0.1, 0.15) is 11.6 Å². The fraction of sp³-hybridized carbons (Fsp3) is 0.391. The molecule has 0 aromatic heterocycles. The van der Waals surface area contributed by atoms with Crippen molar-refractivity contribution >= 4 is 17.5 Å². The summed E-state index contributed by atoms with van der Waals surface area (Å²) >= 11 is 0. The lowest BCUT2D eigenvalue weighted by Crippen LogP contribution is -2.54. The summed E-state index contributed by atoms with van der Waals surface area (Å²) in [6.07, 6.45) is -0.0517. The molecule has 2 aromatic carbocycles. The Bertz CT molecular complexity index is 915. The molecule has 1 fully saturated rings. The van der Waals surface area contributed by atoms with Gasteiger partial charge in [0.05, 0.1) is 32.0 Å². The first-order valence-corrected chi connectivity index (χ1v) is 10.5. The van der Waals surface area contributed by atoms with E-state index in [1.807, 2.05) is 29.2 Å². The van der Waals surface area contributed by atoms with Crippen LogP contribution in [0.5, 0.6) is 5.75 Å². The molecule has 0 spiro atoms. The highest BCUT2D eigenvalue weighted by molar-refractivity contribution is 5.86. The Morgan fingerprint density at radius 2 is 1.81 bits per heavy atom. The SMILES string of the molecule is O=C(CN1C[C@@H](C(=O)N2CCOCC2)Oc2ccccc21)NCCc1ccc(F)cc1. The van der Waals surface area contributed by atoms with Gasteiger partial charge in [-0.05, 0) is 36.2 Å². The predicted molar refractivity (Wildman–Crippen MR) is 114 cm³/mol. The molecule has 2 aliphatic heterocycles. The van der Waals surface area contributed by atoms with Crippen molar-refractivity contribution in [2.24, 2.45) is 0 Å². The number of carbonyl (C=O) groups is 2. The van der Waals surface area contributed by atoms with E-state index in [0.717, 1.165) is 11.3 Å². The first-order valence-electron chi connectivity index (χ1n) is 10.5. The van der Waals surface area contributed by atoms with Crippen molar-refractivity contribution in [2.75, 3.05) is 50.8 Å². The number of rotatable bonds is 6. The molecule has 1 saturated heterocycles. The first-order chi connectivity index (χ1) is 15.1. The molecule has 0 unspecified atom stereocenters. The number of halogens is 1. The summed E-state index contributed by atoms with van der Waals surface area (Å²) in [6, 6.07) is 13.7. The van der Waals surface area contributed by atoms with Gasteiger partial charge in [0.2, 0.25) is 5.91 Å². The number of amides is 2. The number of benzene rings is 2. The first kappa shape index (κ1) is 21.1. The van der Waals surface area contributed by atoms with Gasteiger partial charge in [-0.15, -0.1) is 0 Å². The Labute approximate surface area is 180 Å². The van der Waals surface area contributed by atoms with E-state index in [9.17, 15) is 14.0 Å². The van der Waals surface area contributed by atoms with E-state index in [-0.39, 0.29) is 24.2 Å². The fourth-order valence-corrected chi connectivity index (χ4v) is 3.80. The van der Waals surface area contributed by atoms with E-state index in [4.69, 9.17) is 9.47 Å². The summed E-state index contributed by atoms with van der Waals surface area (Å²) in [5, 5.41) is 2.90. The molecule has 2 aromatic rings. The summed E-state index contributed by atoms with van der Waals surface area (Å²) in [7, 11) is 0. The third-order valence-electron chi connectivity index (χ3n) is 5.44. The molecule has 2 aliphatic rings. The summed E-state index contributed by atoms with van der Waals surface area (Å²) < 4.78 is 24.3. The van der Waals surface area contributed by atoms with Crippen molar-refractivity contribution in [3.63, 3.8) is 0 Å². The lowest BCUT2D eigenvalue weighted by molar-refractivity contribution is -0.142. The van der Waals surface area contributed by atoms with Crippen molar-refractivity contribution in [3.8, 4) is 5.75 Å². The molecule has 0 bridgehead atoms. The molecular formula is C23H26FN3O4. The predicted octanol–water partition coefficient (Wildman–Crippen LogP) is 1.61. The molecule has 2 heterocycles. The van der Waals surface area contributed by atoms with Gasteiger partial charge in [-0.1, -0.05) is 24.3 Å². The van der Waals surface area contributed by atoms with Crippen molar-refractivity contribution < 1.29 is 23.5 Å². The van der Waals surface area contributed by atoms with Gasteiger partial charge in [-0.3, -0.25) is 9.59 Å². The van der Waals surface area contributed by atoms with Crippen LogP contribution in [0.25, 0.3) is 0 Å². The largest absolute Gasteiger partial charge is 0.477 e. The van der Waals surface area contributed by atoms with Crippen molar-refractivity contribution in [1.29, 1.82) is 0 Å². The average molecular weight is 427 g/mol. The Balaban J connectivity index is 1.37. The van der Waals surface area contributed by atoms with Crippen LogP contribution in [0.4, 0.5) is 10.1 Å². The van der Waals surface area contributed by atoms with Crippen LogP contribution in [0.15, 0.2) is 48.5 Å². The minimum atomic E-state index is -0.667. The van der Waals surface area contributed by atoms with Crippen LogP contribution in [0.3, 0.4) is 0 Å². The van der Waals surface area contributed by atoms with Crippen LogP contribution in [-0.4, -0.2) is 68.8 Å². The van der Waals surface area contributed by atoms with Crippen LogP contribution in [0, 0.1) is 5.82 Å². The number of para-hydroxylation sites is 2. The molecule has 8 heteroatoms. The molecule has 0 aliphatic carbocycles. The quantitative estimate of drug-likeness (QED) is 0.759. The topological polar surface area (TPSA) is 71.1 Å². The van der Waals surface area contributed by atoms with E-state index < -0.39 is 6.10 Å². The molecule has 164 valence electrons. The van der Waals surface area contributed by atoms with Crippen LogP contribution in [0.2, 0.25) is 0 Å². The van der Waals surface area contributed by atoms with Crippen molar-refractivity contribution in [3.05, 3.63) is 59.9 Å². The van der Waals surface area contributed by atoms with Crippen LogP contribution >= 0.6 is 0 Å². The fourth-order valence-electron chi connectivity index (χ4n) is 3.80. The van der Waals surface area contributed by atoms with Crippen molar-refractivity contribution in [1.82, 2.24) is 10.2 Å². The van der Waals surface area contributed by atoms with E-state index in [2.05, 4.69) is 5.32 Å². The Morgan fingerprint density at radius 1 is 1.06 bits per heavy atom. The second-order valence-corrected chi connectivity index (χ2v) is 7.62. The third kappa shape index (κ3) is 5.32. The van der Waals surface area contributed by atoms with Crippen LogP contribution in [0.1, 0.15) is 5.56 Å². The molecule has 7 nitrogen and oxygen atoms in total. The molecule has 4 rings (SSSR count). The van der Waals surface area contributed by atoms with Gasteiger partial charge in [0.15, 0.2) is 6.10 Å². The van der Waals surface area contributed by atoms with Crippen LogP contribution in [-0.2, 0) is 20.7 Å². The van der Waals surface area contributed by atoms with Gasteiger partial charge in [0, 0.05) is 19.6 Å². The number of ether oxygens (including phenoxy) is 2. The van der Waals surface area contributed by atoms with Gasteiger partial charge >= 0.3 is 0 Å². The highest BCUT2D eigenvalue weighted by atomic mass is 19.1. The van der Waals surface area contributed by atoms with E-state index in [1.54, 1.807) is 17.0 Å². The number of morpholine rings is 1. The number of hydrogen-bond donors (Lipinski definition) is 1. The number of carbonyl (C=O) groups excluding carboxylic acids is 2. The van der Waals surface area contributed by atoms with Gasteiger partial charge in [0.25, 0.3) is 5.91 Å². The van der Waals surface area contributed by atoms with Crippen LogP contribution < -0.4 is 15.0 Å². The maximum absolute atomic E-state index is 13.0. The van der Waals surface area contributed by atoms with Gasteiger partial charge in [-0.25, -0.2) is 4.39 Å². The zero-order chi connectivity index (χ0) is 21.6. The zero-order valence-electron chi connectivity index (χ0n) is 17.3. The Kier molecular flexibility index (Phi) is 6.66. The Hall–Kier alpha value is -3.13. The van der Waals surface area contributed by atoms with E-state index >= 15 is 0 Å². The lowest BCUT2D eigenvalue weighted by Gasteiger charge is -2.38. The number of nitrogens with zero attached hydrogens (tertiary/aromatic N) is 2. The summed E-state index contributed by atoms with van der Waals surface area (Å²) in [6.45, 7) is 3.01. The molecule has 0 radical (unpaired) electrons. The second-order valence-electron chi connectivity index (χ2n) is 7.62. The van der Waals surface area contributed by atoms with Gasteiger partial charge < -0.3 is 24.6 Å². The summed E-state index contributed by atoms with van der Waals surface area (Å²) in [4.78, 5) is 29.2. The van der Waals surface area contributed by atoms with E-state index in [1.165, 1.54) is 12.1 Å². The average Bonchev–Trinajstić information content (AvgIpc) is 2.80. The molecule has 31 heavy (non-hydrogen) atoms. The van der Waals surface area contributed by atoms with Gasteiger partial charge in [-0.2, -0.15) is 0 Å². The Morgan fingerprint density at radius 3 is 2.58 bits per heavy atom. The maximum Gasteiger partial charge on any atom is 0.265 e. The molecule has 0 saturated carbocycles. The monoisotopic (exact) mass is 427 g/mol. The zero-order valence-corrected chi connectivity index (χ0v) is 17.3. The molecule has 1 atom stereocenters. The number of nitrogens with one attached hydrogen (secondary N) is 1. The number of hydrogen-bond acceptors (Lipinski definition) is 5. The number of fused-ring (bicyclic) bond motifs is 1. The molecule has 2 amide bonds. The lowest BCUT2D eigenvalue weighted by atomic mass is 10.1. The third-order valence-corrected chi connectivity index (χ3v) is 5.44. The molecule has 1 N–H and O–H groups in total. The molecular weight excluding hydrogens is 401 g/mol. The number of anilines is 1.